The standard InChI is InChI=1S/C22H24Cl2N6O2S/c23-18-19(24)25-12-26-20(18)29-7-5-28(6-8-29)10-13-1-2-15-14(9-13)11-30(22(15)33)16-3-4-17(31)27-21(16)32/h1-2,9,12,16,22,33H,3-8,10-11H2,(H,27,31,32). The molecule has 8 nitrogen and oxygen atoms in total. The lowest BCUT2D eigenvalue weighted by atomic mass is 10.0. The summed E-state index contributed by atoms with van der Waals surface area (Å²) in [6.45, 7) is 4.87. The maximum atomic E-state index is 12.3. The van der Waals surface area contributed by atoms with E-state index < -0.39 is 0 Å². The Morgan fingerprint density at radius 3 is 2.67 bits per heavy atom. The van der Waals surface area contributed by atoms with Crippen molar-refractivity contribution >= 4 is 53.5 Å². The minimum absolute atomic E-state index is 0.147. The number of halogens is 2. The summed E-state index contributed by atoms with van der Waals surface area (Å²) in [5.41, 5.74) is 3.56. The fraction of sp³-hybridized carbons (Fsp3) is 0.455. The number of nitrogens with zero attached hydrogens (tertiary/aromatic N) is 5. The molecule has 0 aliphatic carbocycles. The van der Waals surface area contributed by atoms with E-state index in [1.54, 1.807) is 0 Å². The van der Waals surface area contributed by atoms with Crippen molar-refractivity contribution in [3.63, 3.8) is 0 Å². The molecule has 1 N–H and O–H groups in total. The predicted octanol–water partition coefficient (Wildman–Crippen LogP) is 2.65. The third kappa shape index (κ3) is 4.57. The number of anilines is 1. The molecule has 0 spiro atoms. The van der Waals surface area contributed by atoms with Gasteiger partial charge < -0.3 is 4.90 Å². The van der Waals surface area contributed by atoms with E-state index in [-0.39, 0.29) is 28.4 Å². The van der Waals surface area contributed by atoms with Crippen LogP contribution < -0.4 is 10.2 Å². The van der Waals surface area contributed by atoms with Crippen molar-refractivity contribution in [2.75, 3.05) is 31.1 Å². The molecule has 174 valence electrons. The van der Waals surface area contributed by atoms with Gasteiger partial charge >= 0.3 is 0 Å². The van der Waals surface area contributed by atoms with Crippen LogP contribution in [0.2, 0.25) is 10.2 Å². The van der Waals surface area contributed by atoms with E-state index in [1.807, 2.05) is 0 Å². The van der Waals surface area contributed by atoms with Gasteiger partial charge in [0.15, 0.2) is 11.0 Å². The average Bonchev–Trinajstić information content (AvgIpc) is 3.12. The second-order valence-corrected chi connectivity index (χ2v) is 9.84. The van der Waals surface area contributed by atoms with E-state index in [0.717, 1.165) is 38.3 Å². The van der Waals surface area contributed by atoms with Crippen molar-refractivity contribution in [2.45, 2.75) is 37.3 Å². The van der Waals surface area contributed by atoms with Crippen LogP contribution in [0.15, 0.2) is 24.5 Å². The number of nitrogens with one attached hydrogen (secondary N) is 1. The van der Waals surface area contributed by atoms with Gasteiger partial charge in [0, 0.05) is 45.7 Å². The monoisotopic (exact) mass is 506 g/mol. The number of aromatic nitrogens is 2. The number of benzene rings is 1. The zero-order chi connectivity index (χ0) is 23.1. The molecule has 11 heteroatoms. The maximum absolute atomic E-state index is 12.3. The van der Waals surface area contributed by atoms with Gasteiger partial charge in [-0.25, -0.2) is 9.97 Å². The van der Waals surface area contributed by atoms with Crippen molar-refractivity contribution in [3.05, 3.63) is 51.4 Å². The van der Waals surface area contributed by atoms with Gasteiger partial charge in [-0.05, 0) is 23.1 Å². The Kier molecular flexibility index (Phi) is 6.50. The number of hydrogen-bond donors (Lipinski definition) is 2. The van der Waals surface area contributed by atoms with E-state index >= 15 is 0 Å². The summed E-state index contributed by atoms with van der Waals surface area (Å²) in [6.07, 6.45) is 2.34. The molecule has 33 heavy (non-hydrogen) atoms. The zero-order valence-corrected chi connectivity index (χ0v) is 20.3. The van der Waals surface area contributed by atoms with Crippen LogP contribution in [0.1, 0.15) is 34.9 Å². The topological polar surface area (TPSA) is 81.7 Å². The van der Waals surface area contributed by atoms with Gasteiger partial charge in [0.1, 0.15) is 11.3 Å². The first-order chi connectivity index (χ1) is 15.9. The number of imide groups is 1. The summed E-state index contributed by atoms with van der Waals surface area (Å²) in [4.78, 5) is 38.7. The van der Waals surface area contributed by atoms with Gasteiger partial charge in [-0.1, -0.05) is 41.4 Å². The SMILES string of the molecule is O=C1CCC(N2Cc3cc(CN4CCN(c5ncnc(Cl)c5Cl)CC4)ccc3C2S)C(=O)N1. The second kappa shape index (κ2) is 9.38. The maximum Gasteiger partial charge on any atom is 0.243 e. The van der Waals surface area contributed by atoms with Crippen LogP contribution in [0.3, 0.4) is 0 Å². The molecule has 0 bridgehead atoms. The predicted molar refractivity (Wildman–Crippen MR) is 129 cm³/mol. The van der Waals surface area contributed by atoms with Gasteiger partial charge in [0.2, 0.25) is 11.8 Å². The number of hydrogen-bond acceptors (Lipinski definition) is 8. The number of rotatable bonds is 4. The molecule has 2 amide bonds. The van der Waals surface area contributed by atoms with Crippen molar-refractivity contribution in [3.8, 4) is 0 Å². The fourth-order valence-electron chi connectivity index (χ4n) is 4.82. The molecular formula is C22H24Cl2N6O2S. The van der Waals surface area contributed by atoms with Crippen LogP contribution in [0.5, 0.6) is 0 Å². The smallest absolute Gasteiger partial charge is 0.243 e. The molecule has 1 aromatic carbocycles. The Hall–Kier alpha value is -1.91. The van der Waals surface area contributed by atoms with E-state index in [4.69, 9.17) is 35.8 Å². The molecular weight excluding hydrogens is 483 g/mol. The lowest BCUT2D eigenvalue weighted by Crippen LogP contribution is -2.51. The number of thiol groups is 1. The summed E-state index contributed by atoms with van der Waals surface area (Å²) in [7, 11) is 0. The van der Waals surface area contributed by atoms with Crippen LogP contribution in [-0.4, -0.2) is 63.8 Å². The second-order valence-electron chi connectivity index (χ2n) is 8.61. The van der Waals surface area contributed by atoms with Gasteiger partial charge in [-0.3, -0.25) is 24.7 Å². The normalized spacial score (nSPS) is 24.2. The lowest BCUT2D eigenvalue weighted by Gasteiger charge is -2.35. The number of amides is 2. The first-order valence-corrected chi connectivity index (χ1v) is 12.2. The van der Waals surface area contributed by atoms with Gasteiger partial charge in [-0.2, -0.15) is 12.6 Å². The summed E-state index contributed by atoms with van der Waals surface area (Å²) < 4.78 is 0. The molecule has 2 aromatic rings. The van der Waals surface area contributed by atoms with Crippen LogP contribution in [-0.2, 0) is 22.7 Å². The van der Waals surface area contributed by atoms with Crippen LogP contribution in [0.25, 0.3) is 0 Å². The summed E-state index contributed by atoms with van der Waals surface area (Å²) >= 11 is 17.1. The molecule has 5 rings (SSSR count). The van der Waals surface area contributed by atoms with Gasteiger partial charge in [0.25, 0.3) is 0 Å². The minimum Gasteiger partial charge on any atom is -0.353 e. The third-order valence-electron chi connectivity index (χ3n) is 6.57. The quantitative estimate of drug-likeness (QED) is 0.374. The third-order valence-corrected chi connectivity index (χ3v) is 7.88. The Labute approximate surface area is 207 Å². The number of carbonyl (C=O) groups is 2. The Morgan fingerprint density at radius 1 is 1.12 bits per heavy atom. The summed E-state index contributed by atoms with van der Waals surface area (Å²) in [6, 6.07) is 6.16. The number of piperidine rings is 1. The van der Waals surface area contributed by atoms with Crippen molar-refractivity contribution in [2.24, 2.45) is 0 Å². The average molecular weight is 507 g/mol. The van der Waals surface area contributed by atoms with Crippen molar-refractivity contribution in [1.29, 1.82) is 0 Å². The first kappa shape index (κ1) is 22.9. The molecule has 0 radical (unpaired) electrons. The van der Waals surface area contributed by atoms with Crippen molar-refractivity contribution in [1.82, 2.24) is 25.1 Å². The number of fused-ring (bicyclic) bond motifs is 1. The summed E-state index contributed by atoms with van der Waals surface area (Å²) in [5, 5.41) is 2.98. The van der Waals surface area contributed by atoms with E-state index in [2.05, 4.69) is 48.2 Å². The Balaban J connectivity index is 1.21. The molecule has 2 fully saturated rings. The highest BCUT2D eigenvalue weighted by Crippen LogP contribution is 2.39. The Morgan fingerprint density at radius 2 is 1.91 bits per heavy atom. The summed E-state index contributed by atoms with van der Waals surface area (Å²) in [5.74, 6) is 0.264. The number of piperazine rings is 1. The molecule has 1 aromatic heterocycles. The first-order valence-electron chi connectivity index (χ1n) is 10.9. The van der Waals surface area contributed by atoms with Crippen LogP contribution >= 0.6 is 35.8 Å². The van der Waals surface area contributed by atoms with Gasteiger partial charge in [-0.15, -0.1) is 0 Å². The van der Waals surface area contributed by atoms with E-state index in [9.17, 15) is 9.59 Å². The van der Waals surface area contributed by atoms with E-state index in [0.29, 0.717) is 30.2 Å². The highest BCUT2D eigenvalue weighted by atomic mass is 35.5. The number of carbonyl (C=O) groups excluding carboxylic acids is 2. The lowest BCUT2D eigenvalue weighted by molar-refractivity contribution is -0.137. The molecule has 3 aliphatic heterocycles. The van der Waals surface area contributed by atoms with Gasteiger partial charge in [0.05, 0.1) is 11.4 Å². The largest absolute Gasteiger partial charge is 0.353 e. The molecule has 0 saturated carbocycles. The van der Waals surface area contributed by atoms with Crippen LogP contribution in [0.4, 0.5) is 5.82 Å². The highest BCUT2D eigenvalue weighted by Gasteiger charge is 2.39. The molecule has 3 aliphatic rings. The van der Waals surface area contributed by atoms with Crippen LogP contribution in [0, 0.1) is 0 Å². The van der Waals surface area contributed by atoms with Crippen molar-refractivity contribution < 1.29 is 9.59 Å². The molecule has 2 atom stereocenters. The Bertz CT molecular complexity index is 1090. The minimum atomic E-state index is -0.323. The molecule has 4 heterocycles. The van der Waals surface area contributed by atoms with E-state index in [1.165, 1.54) is 17.5 Å². The molecule has 2 saturated heterocycles. The fourth-order valence-corrected chi connectivity index (χ4v) is 5.66. The molecule has 2 unspecified atom stereocenters. The zero-order valence-electron chi connectivity index (χ0n) is 17.9. The highest BCUT2D eigenvalue weighted by molar-refractivity contribution is 7.80.